The summed E-state index contributed by atoms with van der Waals surface area (Å²) in [7, 11) is -1.52. The Bertz CT molecular complexity index is 428. The van der Waals surface area contributed by atoms with Crippen LogP contribution in [0.25, 0.3) is 0 Å². The van der Waals surface area contributed by atoms with Crippen LogP contribution in [0.3, 0.4) is 0 Å². The fraction of sp³-hybridized carbons (Fsp3) is 0.250. The number of hydrogen-bond donors (Lipinski definition) is 3. The van der Waals surface area contributed by atoms with Gasteiger partial charge in [0, 0.05) is 7.05 Å². The van der Waals surface area contributed by atoms with E-state index in [-0.39, 0.29) is 0 Å². The van der Waals surface area contributed by atoms with Crippen molar-refractivity contribution in [1.29, 1.82) is 0 Å². The predicted octanol–water partition coefficient (Wildman–Crippen LogP) is 0.682. The van der Waals surface area contributed by atoms with E-state index in [1.807, 2.05) is 0 Å². The number of hydrogen-bond acceptors (Lipinski definition) is 4. The van der Waals surface area contributed by atoms with Crippen molar-refractivity contribution in [2.24, 2.45) is 0 Å². The van der Waals surface area contributed by atoms with E-state index in [2.05, 4.69) is 10.0 Å². The zero-order valence-corrected chi connectivity index (χ0v) is 8.85. The smallest absolute Gasteiger partial charge is 0.229 e. The highest BCUT2D eigenvalue weighted by molar-refractivity contribution is 7.92. The van der Waals surface area contributed by atoms with Crippen molar-refractivity contribution >= 4 is 27.1 Å². The number of benzene rings is 1. The van der Waals surface area contributed by atoms with Crippen molar-refractivity contribution in [3.8, 4) is 0 Å². The minimum atomic E-state index is -3.23. The van der Waals surface area contributed by atoms with Crippen LogP contribution in [0.5, 0.6) is 0 Å². The predicted molar refractivity (Wildman–Crippen MR) is 58.9 cm³/mol. The summed E-state index contributed by atoms with van der Waals surface area (Å²) in [5, 5.41) is 2.86. The Kier molecular flexibility index (Phi) is 2.85. The molecule has 0 saturated heterocycles. The van der Waals surface area contributed by atoms with Gasteiger partial charge in [0.15, 0.2) is 0 Å². The van der Waals surface area contributed by atoms with Gasteiger partial charge in [-0.2, -0.15) is 0 Å². The molecule has 0 aliphatic carbocycles. The number of anilines is 3. The third-order valence-electron chi connectivity index (χ3n) is 1.63. The van der Waals surface area contributed by atoms with Crippen molar-refractivity contribution in [2.75, 3.05) is 29.1 Å². The molecule has 0 aromatic heterocycles. The maximum atomic E-state index is 10.9. The van der Waals surface area contributed by atoms with Crippen LogP contribution in [-0.4, -0.2) is 21.7 Å². The first-order valence-corrected chi connectivity index (χ1v) is 5.86. The Morgan fingerprint density at radius 3 is 2.50 bits per heavy atom. The molecule has 0 fully saturated rings. The van der Waals surface area contributed by atoms with Crippen molar-refractivity contribution in [2.45, 2.75) is 0 Å². The van der Waals surface area contributed by atoms with Crippen molar-refractivity contribution in [1.82, 2.24) is 0 Å². The lowest BCUT2D eigenvalue weighted by atomic mass is 10.2. The molecule has 0 radical (unpaired) electrons. The zero-order valence-electron chi connectivity index (χ0n) is 8.03. The van der Waals surface area contributed by atoms with Crippen LogP contribution < -0.4 is 15.8 Å². The Morgan fingerprint density at radius 1 is 1.36 bits per heavy atom. The first kappa shape index (κ1) is 10.6. The summed E-state index contributed by atoms with van der Waals surface area (Å²) in [6, 6.07) is 4.88. The molecule has 0 bridgehead atoms. The lowest BCUT2D eigenvalue weighted by Gasteiger charge is -2.08. The lowest BCUT2D eigenvalue weighted by molar-refractivity contribution is 0.607. The van der Waals surface area contributed by atoms with E-state index < -0.39 is 10.0 Å². The molecule has 6 heteroatoms. The molecule has 14 heavy (non-hydrogen) atoms. The van der Waals surface area contributed by atoms with E-state index in [1.54, 1.807) is 25.2 Å². The van der Waals surface area contributed by atoms with Gasteiger partial charge in [0.1, 0.15) is 0 Å². The van der Waals surface area contributed by atoms with Gasteiger partial charge in [-0.3, -0.25) is 4.72 Å². The quantitative estimate of drug-likeness (QED) is 0.647. The maximum absolute atomic E-state index is 10.9. The van der Waals surface area contributed by atoms with Crippen LogP contribution in [0.4, 0.5) is 17.1 Å². The molecule has 0 spiro atoms. The second-order valence-electron chi connectivity index (χ2n) is 2.93. The standard InChI is InChI=1S/C8H13N3O2S/c1-10-8-5-6(3-4-7(8)9)11-14(2,12)13/h3-5,10-11H,9H2,1-2H3. The van der Waals surface area contributed by atoms with Gasteiger partial charge in [-0.15, -0.1) is 0 Å². The molecule has 0 aliphatic rings. The second kappa shape index (κ2) is 3.75. The minimum Gasteiger partial charge on any atom is -0.397 e. The zero-order chi connectivity index (χ0) is 10.8. The molecule has 4 N–H and O–H groups in total. The highest BCUT2D eigenvalue weighted by atomic mass is 32.2. The fourth-order valence-electron chi connectivity index (χ4n) is 1.05. The first-order chi connectivity index (χ1) is 6.42. The largest absolute Gasteiger partial charge is 0.397 e. The van der Waals surface area contributed by atoms with Gasteiger partial charge in [0.05, 0.1) is 23.3 Å². The molecule has 0 unspecified atom stereocenters. The topological polar surface area (TPSA) is 84.2 Å². The van der Waals surface area contributed by atoms with Crippen LogP contribution in [0.1, 0.15) is 0 Å². The number of sulfonamides is 1. The van der Waals surface area contributed by atoms with Gasteiger partial charge in [-0.25, -0.2) is 8.42 Å². The third kappa shape index (κ3) is 2.81. The lowest BCUT2D eigenvalue weighted by Crippen LogP contribution is -2.10. The van der Waals surface area contributed by atoms with Crippen molar-refractivity contribution < 1.29 is 8.42 Å². The molecule has 1 aromatic carbocycles. The Hall–Kier alpha value is -1.43. The number of nitrogens with one attached hydrogen (secondary N) is 2. The Labute approximate surface area is 83.4 Å². The van der Waals surface area contributed by atoms with E-state index in [1.165, 1.54) is 0 Å². The Morgan fingerprint density at radius 2 is 2.00 bits per heavy atom. The average molecular weight is 215 g/mol. The minimum absolute atomic E-state index is 0.492. The summed E-state index contributed by atoms with van der Waals surface area (Å²) in [5.41, 5.74) is 7.38. The summed E-state index contributed by atoms with van der Waals surface area (Å²) in [4.78, 5) is 0. The summed E-state index contributed by atoms with van der Waals surface area (Å²) < 4.78 is 24.2. The van der Waals surface area contributed by atoms with Gasteiger partial charge in [-0.05, 0) is 18.2 Å². The Balaban J connectivity index is 3.01. The number of rotatable bonds is 3. The summed E-state index contributed by atoms with van der Waals surface area (Å²) >= 11 is 0. The molecule has 78 valence electrons. The van der Waals surface area contributed by atoms with Crippen LogP contribution >= 0.6 is 0 Å². The van der Waals surface area contributed by atoms with Gasteiger partial charge in [-0.1, -0.05) is 0 Å². The normalized spacial score (nSPS) is 11.0. The van der Waals surface area contributed by atoms with E-state index in [9.17, 15) is 8.42 Å². The number of nitrogen functional groups attached to an aromatic ring is 1. The van der Waals surface area contributed by atoms with Gasteiger partial charge in [0.2, 0.25) is 10.0 Å². The maximum Gasteiger partial charge on any atom is 0.229 e. The monoisotopic (exact) mass is 215 g/mol. The van der Waals surface area contributed by atoms with Gasteiger partial charge >= 0.3 is 0 Å². The van der Waals surface area contributed by atoms with E-state index in [0.717, 1.165) is 6.26 Å². The molecule has 0 atom stereocenters. The van der Waals surface area contributed by atoms with Crippen molar-refractivity contribution in [3.63, 3.8) is 0 Å². The third-order valence-corrected chi connectivity index (χ3v) is 2.23. The van der Waals surface area contributed by atoms with E-state index in [4.69, 9.17) is 5.73 Å². The molecule has 0 amide bonds. The van der Waals surface area contributed by atoms with Crippen molar-refractivity contribution in [3.05, 3.63) is 18.2 Å². The fourth-order valence-corrected chi connectivity index (χ4v) is 1.61. The number of nitrogens with two attached hydrogens (primary N) is 1. The second-order valence-corrected chi connectivity index (χ2v) is 4.67. The molecular weight excluding hydrogens is 202 g/mol. The van der Waals surface area contributed by atoms with Gasteiger partial charge < -0.3 is 11.1 Å². The first-order valence-electron chi connectivity index (χ1n) is 3.97. The molecular formula is C8H13N3O2S. The highest BCUT2D eigenvalue weighted by Crippen LogP contribution is 2.22. The molecule has 1 rings (SSSR count). The van der Waals surface area contributed by atoms with E-state index in [0.29, 0.717) is 17.1 Å². The molecule has 0 heterocycles. The molecule has 0 aliphatic heterocycles. The van der Waals surface area contributed by atoms with E-state index >= 15 is 0 Å². The van der Waals surface area contributed by atoms with Crippen LogP contribution in [0.2, 0.25) is 0 Å². The van der Waals surface area contributed by atoms with Crippen LogP contribution in [0, 0.1) is 0 Å². The summed E-state index contributed by atoms with van der Waals surface area (Å²) in [6.45, 7) is 0. The average Bonchev–Trinajstić information content (AvgIpc) is 2.06. The molecule has 5 nitrogen and oxygen atoms in total. The highest BCUT2D eigenvalue weighted by Gasteiger charge is 2.03. The van der Waals surface area contributed by atoms with Gasteiger partial charge in [0.25, 0.3) is 0 Å². The molecule has 0 saturated carbocycles. The summed E-state index contributed by atoms with van der Waals surface area (Å²) in [5.74, 6) is 0. The SMILES string of the molecule is CNc1cc(NS(C)(=O)=O)ccc1N. The van der Waals surface area contributed by atoms with Crippen LogP contribution in [-0.2, 0) is 10.0 Å². The van der Waals surface area contributed by atoms with Crippen LogP contribution in [0.15, 0.2) is 18.2 Å². The summed E-state index contributed by atoms with van der Waals surface area (Å²) in [6.07, 6.45) is 1.10. The molecule has 1 aromatic rings.